The maximum atomic E-state index is 11.8. The maximum Gasteiger partial charge on any atom is 0.224 e. The molecule has 0 aromatic heterocycles. The summed E-state index contributed by atoms with van der Waals surface area (Å²) in [6.45, 7) is 0. The predicted molar refractivity (Wildman–Crippen MR) is 77.1 cm³/mol. The fraction of sp³-hybridized carbons (Fsp3) is 0.133. The molecule has 18 heavy (non-hydrogen) atoms. The van der Waals surface area contributed by atoms with E-state index in [1.807, 2.05) is 54.6 Å². The molecule has 0 spiro atoms. The summed E-state index contributed by atoms with van der Waals surface area (Å²) in [6.07, 6.45) is 1.23. The van der Waals surface area contributed by atoms with Gasteiger partial charge in [0.2, 0.25) is 5.91 Å². The van der Waals surface area contributed by atoms with Crippen molar-refractivity contribution in [1.82, 2.24) is 0 Å². The quantitative estimate of drug-likeness (QED) is 0.806. The van der Waals surface area contributed by atoms with Gasteiger partial charge in [0.25, 0.3) is 0 Å². The molecule has 0 heterocycles. The van der Waals surface area contributed by atoms with Crippen molar-refractivity contribution in [3.8, 4) is 0 Å². The van der Waals surface area contributed by atoms with Crippen LogP contribution in [0.2, 0.25) is 0 Å². The lowest BCUT2D eigenvalue weighted by atomic mass is 10.1. The van der Waals surface area contributed by atoms with Gasteiger partial charge in [-0.15, -0.1) is 12.6 Å². The predicted octanol–water partition coefficient (Wildman–Crippen LogP) is 3.55. The summed E-state index contributed by atoms with van der Waals surface area (Å²) in [5, 5.41) is 2.87. The van der Waals surface area contributed by atoms with Gasteiger partial charge in [0.15, 0.2) is 0 Å². The molecule has 2 aromatic carbocycles. The largest absolute Gasteiger partial charge is 0.325 e. The van der Waals surface area contributed by atoms with Crippen LogP contribution < -0.4 is 5.32 Å². The van der Waals surface area contributed by atoms with Gasteiger partial charge < -0.3 is 5.32 Å². The standard InChI is InChI=1S/C15H15NOS/c17-15(11-10-12-6-2-1-3-7-12)16-13-8-4-5-9-14(13)18/h1-9,18H,10-11H2,(H,16,17). The van der Waals surface area contributed by atoms with Crippen LogP contribution in [0.4, 0.5) is 5.69 Å². The van der Waals surface area contributed by atoms with Gasteiger partial charge in [0.1, 0.15) is 0 Å². The molecule has 0 radical (unpaired) electrons. The number of para-hydroxylation sites is 1. The Morgan fingerprint density at radius 2 is 1.67 bits per heavy atom. The summed E-state index contributed by atoms with van der Waals surface area (Å²) in [7, 11) is 0. The Bertz CT molecular complexity index is 525. The molecule has 2 nitrogen and oxygen atoms in total. The molecule has 0 saturated carbocycles. The molecule has 0 aliphatic heterocycles. The van der Waals surface area contributed by atoms with Crippen molar-refractivity contribution in [3.63, 3.8) is 0 Å². The highest BCUT2D eigenvalue weighted by Gasteiger charge is 2.04. The number of hydrogen-bond acceptors (Lipinski definition) is 2. The van der Waals surface area contributed by atoms with Crippen LogP contribution in [-0.4, -0.2) is 5.91 Å². The second-order valence-electron chi connectivity index (χ2n) is 4.05. The smallest absolute Gasteiger partial charge is 0.224 e. The van der Waals surface area contributed by atoms with Crippen molar-refractivity contribution in [2.45, 2.75) is 17.7 Å². The second-order valence-corrected chi connectivity index (χ2v) is 4.53. The Morgan fingerprint density at radius 1 is 1.00 bits per heavy atom. The van der Waals surface area contributed by atoms with Crippen LogP contribution in [0.5, 0.6) is 0 Å². The van der Waals surface area contributed by atoms with E-state index in [4.69, 9.17) is 0 Å². The zero-order valence-corrected chi connectivity index (χ0v) is 10.9. The number of benzene rings is 2. The topological polar surface area (TPSA) is 29.1 Å². The Hall–Kier alpha value is -1.74. The highest BCUT2D eigenvalue weighted by Crippen LogP contribution is 2.18. The number of aryl methyl sites for hydroxylation is 1. The van der Waals surface area contributed by atoms with Crippen molar-refractivity contribution in [2.24, 2.45) is 0 Å². The lowest BCUT2D eigenvalue weighted by molar-refractivity contribution is -0.116. The van der Waals surface area contributed by atoms with E-state index in [0.717, 1.165) is 17.0 Å². The van der Waals surface area contributed by atoms with Crippen LogP contribution in [0.3, 0.4) is 0 Å². The Kier molecular flexibility index (Phi) is 4.42. The van der Waals surface area contributed by atoms with Gasteiger partial charge in [-0.2, -0.15) is 0 Å². The van der Waals surface area contributed by atoms with E-state index in [-0.39, 0.29) is 5.91 Å². The first-order valence-corrected chi connectivity index (χ1v) is 6.32. The van der Waals surface area contributed by atoms with Gasteiger partial charge in [0.05, 0.1) is 5.69 Å². The molecule has 0 atom stereocenters. The summed E-state index contributed by atoms with van der Waals surface area (Å²) in [4.78, 5) is 12.6. The monoisotopic (exact) mass is 257 g/mol. The zero-order chi connectivity index (χ0) is 12.8. The molecule has 0 fully saturated rings. The highest BCUT2D eigenvalue weighted by atomic mass is 32.1. The average Bonchev–Trinajstić information content (AvgIpc) is 2.40. The van der Waals surface area contributed by atoms with E-state index in [0.29, 0.717) is 6.42 Å². The number of anilines is 1. The summed E-state index contributed by atoms with van der Waals surface area (Å²) in [6, 6.07) is 17.5. The van der Waals surface area contributed by atoms with Crippen LogP contribution in [0.15, 0.2) is 59.5 Å². The first-order chi connectivity index (χ1) is 8.75. The summed E-state index contributed by atoms with van der Waals surface area (Å²) < 4.78 is 0. The highest BCUT2D eigenvalue weighted by molar-refractivity contribution is 7.80. The molecule has 0 bridgehead atoms. The first-order valence-electron chi connectivity index (χ1n) is 5.87. The van der Waals surface area contributed by atoms with Crippen molar-refractivity contribution in [2.75, 3.05) is 5.32 Å². The Labute approximate surface area is 112 Å². The van der Waals surface area contributed by atoms with Crippen LogP contribution in [-0.2, 0) is 11.2 Å². The van der Waals surface area contributed by atoms with E-state index in [9.17, 15) is 4.79 Å². The van der Waals surface area contributed by atoms with Crippen LogP contribution in [0.25, 0.3) is 0 Å². The molecule has 1 amide bonds. The third-order valence-corrected chi connectivity index (χ3v) is 3.05. The van der Waals surface area contributed by atoms with Gasteiger partial charge in [0, 0.05) is 11.3 Å². The third kappa shape index (κ3) is 3.64. The molecule has 2 rings (SSSR count). The maximum absolute atomic E-state index is 11.8. The minimum Gasteiger partial charge on any atom is -0.325 e. The lowest BCUT2D eigenvalue weighted by Crippen LogP contribution is -2.12. The molecule has 0 aliphatic rings. The van der Waals surface area contributed by atoms with Crippen molar-refractivity contribution in [3.05, 3.63) is 60.2 Å². The van der Waals surface area contributed by atoms with Crippen molar-refractivity contribution in [1.29, 1.82) is 0 Å². The van der Waals surface area contributed by atoms with E-state index in [1.165, 1.54) is 5.56 Å². The molecular weight excluding hydrogens is 242 g/mol. The van der Waals surface area contributed by atoms with Gasteiger partial charge in [-0.05, 0) is 24.1 Å². The average molecular weight is 257 g/mol. The molecule has 0 aliphatic carbocycles. The number of rotatable bonds is 4. The summed E-state index contributed by atoms with van der Waals surface area (Å²) >= 11 is 4.30. The Morgan fingerprint density at radius 3 is 2.39 bits per heavy atom. The minimum absolute atomic E-state index is 0.0142. The van der Waals surface area contributed by atoms with Crippen molar-refractivity contribution >= 4 is 24.2 Å². The molecule has 0 unspecified atom stereocenters. The second kappa shape index (κ2) is 6.26. The van der Waals surface area contributed by atoms with Crippen molar-refractivity contribution < 1.29 is 4.79 Å². The van der Waals surface area contributed by atoms with Gasteiger partial charge >= 0.3 is 0 Å². The SMILES string of the molecule is O=C(CCc1ccccc1)Nc1ccccc1S. The van der Waals surface area contributed by atoms with E-state index in [2.05, 4.69) is 17.9 Å². The number of nitrogens with one attached hydrogen (secondary N) is 1. The Balaban J connectivity index is 1.88. The molecule has 0 saturated heterocycles. The minimum atomic E-state index is 0.0142. The van der Waals surface area contributed by atoms with E-state index >= 15 is 0 Å². The van der Waals surface area contributed by atoms with E-state index < -0.39 is 0 Å². The summed E-state index contributed by atoms with van der Waals surface area (Å²) in [5.41, 5.74) is 1.94. The number of amides is 1. The van der Waals surface area contributed by atoms with Crippen LogP contribution >= 0.6 is 12.6 Å². The summed E-state index contributed by atoms with van der Waals surface area (Å²) in [5.74, 6) is 0.0142. The number of hydrogen-bond donors (Lipinski definition) is 2. The van der Waals surface area contributed by atoms with Crippen LogP contribution in [0, 0.1) is 0 Å². The lowest BCUT2D eigenvalue weighted by Gasteiger charge is -2.07. The van der Waals surface area contributed by atoms with Gasteiger partial charge in [-0.3, -0.25) is 4.79 Å². The molecule has 1 N–H and O–H groups in total. The van der Waals surface area contributed by atoms with Gasteiger partial charge in [-0.1, -0.05) is 42.5 Å². The third-order valence-electron chi connectivity index (χ3n) is 2.66. The molecule has 92 valence electrons. The fourth-order valence-corrected chi connectivity index (χ4v) is 1.91. The number of carbonyl (C=O) groups is 1. The molecule has 3 heteroatoms. The normalized spacial score (nSPS) is 10.1. The number of thiol groups is 1. The van der Waals surface area contributed by atoms with Gasteiger partial charge in [-0.25, -0.2) is 0 Å². The zero-order valence-electron chi connectivity index (χ0n) is 9.97. The van der Waals surface area contributed by atoms with E-state index in [1.54, 1.807) is 0 Å². The number of carbonyl (C=O) groups excluding carboxylic acids is 1. The molecule has 2 aromatic rings. The van der Waals surface area contributed by atoms with Crippen LogP contribution in [0.1, 0.15) is 12.0 Å². The molecular formula is C15H15NOS. The fourth-order valence-electron chi connectivity index (χ4n) is 1.69. The first kappa shape index (κ1) is 12.7.